The highest BCUT2D eigenvalue weighted by Crippen LogP contribution is 2.34. The van der Waals surface area contributed by atoms with Gasteiger partial charge in [0.05, 0.1) is 8.07 Å². The second-order valence-electron chi connectivity index (χ2n) is 8.57. The van der Waals surface area contributed by atoms with E-state index < -0.39 is 8.07 Å². The van der Waals surface area contributed by atoms with E-state index in [0.29, 0.717) is 0 Å². The molecule has 1 heterocycles. The molecule has 128 valence electrons. The first-order valence-electron chi connectivity index (χ1n) is 9.47. The normalized spacial score (nSPS) is 16.4. The van der Waals surface area contributed by atoms with Crippen LogP contribution in [0, 0.1) is 6.92 Å². The van der Waals surface area contributed by atoms with Gasteiger partial charge in [-0.25, -0.2) is 4.57 Å². The van der Waals surface area contributed by atoms with Crippen LogP contribution in [-0.2, 0) is 7.05 Å². The average molecular weight is 339 g/mol. The van der Waals surface area contributed by atoms with Gasteiger partial charge in [-0.3, -0.25) is 0 Å². The second-order valence-corrected chi connectivity index (χ2v) is 13.6. The number of hydrogen-bond acceptors (Lipinski definition) is 0. The summed E-state index contributed by atoms with van der Waals surface area (Å²) >= 11 is 0. The molecule has 0 unspecified atom stereocenters. The number of benzene rings is 1. The van der Waals surface area contributed by atoms with E-state index in [-0.39, 0.29) is 0 Å². The van der Waals surface area contributed by atoms with Gasteiger partial charge in [-0.2, -0.15) is 0 Å². The minimum Gasteiger partial charge on any atom is -0.201 e. The number of nitrogens with zero attached hydrogens (tertiary/aromatic N) is 1. The Kier molecular flexibility index (Phi) is 4.96. The van der Waals surface area contributed by atoms with Gasteiger partial charge in [0, 0.05) is 17.7 Å². The van der Waals surface area contributed by atoms with E-state index in [9.17, 15) is 0 Å². The summed E-state index contributed by atoms with van der Waals surface area (Å²) in [5.74, 6) is 0.767. The molecule has 1 aliphatic carbocycles. The van der Waals surface area contributed by atoms with E-state index in [0.717, 1.165) is 5.92 Å². The number of hydrogen-bond donors (Lipinski definition) is 0. The van der Waals surface area contributed by atoms with E-state index in [4.69, 9.17) is 0 Å². The van der Waals surface area contributed by atoms with Gasteiger partial charge >= 0.3 is 0 Å². The Morgan fingerprint density at radius 2 is 1.67 bits per heavy atom. The topological polar surface area (TPSA) is 3.88 Å². The van der Waals surface area contributed by atoms with E-state index in [1.54, 1.807) is 5.56 Å². The molecule has 1 aliphatic rings. The molecule has 3 rings (SSSR count). The Bertz CT molecular complexity index is 721. The average Bonchev–Trinajstić information content (AvgIpc) is 2.56. The Balaban J connectivity index is 2.05. The molecule has 0 aliphatic heterocycles. The van der Waals surface area contributed by atoms with Gasteiger partial charge in [0.2, 0.25) is 5.69 Å². The third kappa shape index (κ3) is 3.64. The van der Waals surface area contributed by atoms with Crippen molar-refractivity contribution >= 4 is 13.3 Å². The van der Waals surface area contributed by atoms with Crippen molar-refractivity contribution in [3.05, 3.63) is 47.7 Å². The maximum atomic E-state index is 2.48. The summed E-state index contributed by atoms with van der Waals surface area (Å²) in [6.45, 7) is 9.54. The van der Waals surface area contributed by atoms with Crippen molar-refractivity contribution in [1.29, 1.82) is 0 Å². The fraction of sp³-hybridized carbons (Fsp3) is 0.500. The molecule has 0 bridgehead atoms. The summed E-state index contributed by atoms with van der Waals surface area (Å²) in [4.78, 5) is 0. The molecule has 0 radical (unpaired) electrons. The smallest absolute Gasteiger partial charge is 0.201 e. The zero-order valence-electron chi connectivity index (χ0n) is 16.0. The molecule has 24 heavy (non-hydrogen) atoms. The van der Waals surface area contributed by atoms with Crippen LogP contribution in [0.5, 0.6) is 0 Å². The van der Waals surface area contributed by atoms with Crippen LogP contribution in [0.3, 0.4) is 0 Å². The first-order chi connectivity index (χ1) is 11.4. The molecule has 1 nitrogen and oxygen atoms in total. The molecular formula is C22H32NSi+. The largest absolute Gasteiger partial charge is 0.212 e. The first-order valence-corrected chi connectivity index (χ1v) is 13.0. The number of rotatable bonds is 3. The SMILES string of the molecule is Cc1ccc(C2CCCCC2)cc1-c1cc([Si](C)(C)C)cc[n+]1C. The highest BCUT2D eigenvalue weighted by atomic mass is 28.3. The van der Waals surface area contributed by atoms with Gasteiger partial charge in [0.15, 0.2) is 6.20 Å². The predicted octanol–water partition coefficient (Wildman–Crippen LogP) is 5.08. The zero-order chi connectivity index (χ0) is 17.3. The summed E-state index contributed by atoms with van der Waals surface area (Å²) in [5, 5.41) is 1.54. The fourth-order valence-corrected chi connectivity index (χ4v) is 5.05. The summed E-state index contributed by atoms with van der Waals surface area (Å²) in [6, 6.07) is 11.9. The summed E-state index contributed by atoms with van der Waals surface area (Å²) in [5.41, 5.74) is 5.72. The van der Waals surface area contributed by atoms with Gasteiger partial charge in [0.25, 0.3) is 0 Å². The van der Waals surface area contributed by atoms with Gasteiger partial charge < -0.3 is 0 Å². The number of pyridine rings is 1. The molecule has 1 aromatic carbocycles. The second kappa shape index (κ2) is 6.83. The fourth-order valence-electron chi connectivity index (χ4n) is 3.91. The molecule has 1 fully saturated rings. The van der Waals surface area contributed by atoms with Crippen LogP contribution in [0.1, 0.15) is 49.1 Å². The van der Waals surface area contributed by atoms with E-state index in [2.05, 4.69) is 74.7 Å². The standard InChI is InChI=1S/C22H32NSi/c1-17-11-12-19(18-9-7-6-8-10-18)15-21(17)22-16-20(24(3,4)5)13-14-23(22)2/h11-16,18H,6-10H2,1-5H3/q+1. The number of aryl methyl sites for hydroxylation is 2. The van der Waals surface area contributed by atoms with Crippen molar-refractivity contribution in [2.24, 2.45) is 7.05 Å². The first kappa shape index (κ1) is 17.4. The van der Waals surface area contributed by atoms with Crippen molar-refractivity contribution in [3.8, 4) is 11.3 Å². The van der Waals surface area contributed by atoms with Crippen molar-refractivity contribution in [2.45, 2.75) is 64.6 Å². The molecule has 0 spiro atoms. The predicted molar refractivity (Wildman–Crippen MR) is 107 cm³/mol. The Morgan fingerprint density at radius 1 is 0.958 bits per heavy atom. The zero-order valence-corrected chi connectivity index (χ0v) is 17.0. The highest BCUT2D eigenvalue weighted by molar-refractivity contribution is 6.88. The van der Waals surface area contributed by atoms with Crippen LogP contribution in [-0.4, -0.2) is 8.07 Å². The lowest BCUT2D eigenvalue weighted by Gasteiger charge is -2.23. The van der Waals surface area contributed by atoms with Gasteiger partial charge in [-0.1, -0.05) is 51.0 Å². The van der Waals surface area contributed by atoms with Crippen molar-refractivity contribution in [3.63, 3.8) is 0 Å². The lowest BCUT2D eigenvalue weighted by molar-refractivity contribution is -0.660. The highest BCUT2D eigenvalue weighted by Gasteiger charge is 2.23. The third-order valence-electron chi connectivity index (χ3n) is 5.63. The molecule has 2 aromatic rings. The Hall–Kier alpha value is -1.41. The maximum Gasteiger partial charge on any atom is 0.212 e. The quantitative estimate of drug-likeness (QED) is 0.543. The molecule has 0 atom stereocenters. The van der Waals surface area contributed by atoms with Crippen molar-refractivity contribution in [2.75, 3.05) is 0 Å². The molecule has 2 heteroatoms. The van der Waals surface area contributed by atoms with Crippen LogP contribution >= 0.6 is 0 Å². The van der Waals surface area contributed by atoms with Crippen molar-refractivity contribution < 1.29 is 4.57 Å². The lowest BCUT2D eigenvalue weighted by atomic mass is 9.83. The summed E-state index contributed by atoms with van der Waals surface area (Å²) in [6.07, 6.45) is 9.19. The van der Waals surface area contributed by atoms with Crippen LogP contribution in [0.4, 0.5) is 0 Å². The van der Waals surface area contributed by atoms with Crippen LogP contribution in [0.15, 0.2) is 36.5 Å². The van der Waals surface area contributed by atoms with Gasteiger partial charge in [0.1, 0.15) is 7.05 Å². The van der Waals surface area contributed by atoms with Crippen LogP contribution in [0.25, 0.3) is 11.3 Å². The van der Waals surface area contributed by atoms with E-state index >= 15 is 0 Å². The Labute approximate surface area is 148 Å². The van der Waals surface area contributed by atoms with Gasteiger partial charge in [-0.05, 0) is 48.1 Å². The van der Waals surface area contributed by atoms with Crippen LogP contribution in [0.2, 0.25) is 19.6 Å². The maximum absolute atomic E-state index is 2.48. The molecule has 0 amide bonds. The lowest BCUT2D eigenvalue weighted by Crippen LogP contribution is -2.42. The molecule has 1 aromatic heterocycles. The molecular weight excluding hydrogens is 306 g/mol. The summed E-state index contributed by atoms with van der Waals surface area (Å²) < 4.78 is 2.29. The molecule has 0 saturated heterocycles. The number of aromatic nitrogens is 1. The molecule has 0 N–H and O–H groups in total. The van der Waals surface area contributed by atoms with Gasteiger partial charge in [-0.15, -0.1) is 0 Å². The minimum atomic E-state index is -1.30. The summed E-state index contributed by atoms with van der Waals surface area (Å²) in [7, 11) is 0.880. The minimum absolute atomic E-state index is 0.767. The third-order valence-corrected chi connectivity index (χ3v) is 7.67. The molecule has 1 saturated carbocycles. The van der Waals surface area contributed by atoms with Crippen molar-refractivity contribution in [1.82, 2.24) is 0 Å². The van der Waals surface area contributed by atoms with E-state index in [1.165, 1.54) is 54.1 Å². The van der Waals surface area contributed by atoms with Crippen LogP contribution < -0.4 is 9.75 Å². The monoisotopic (exact) mass is 338 g/mol. The van der Waals surface area contributed by atoms with E-state index in [1.807, 2.05) is 0 Å². The Morgan fingerprint density at radius 3 is 2.33 bits per heavy atom.